The first-order valence-corrected chi connectivity index (χ1v) is 5.37. The molecule has 2 nitrogen and oxygen atoms in total. The smallest absolute Gasteiger partial charge is 0.331 e. The monoisotopic (exact) mass is 243 g/mol. The van der Waals surface area contributed by atoms with Crippen LogP contribution in [0.15, 0.2) is 66.6 Å². The quantitative estimate of drug-likeness (QED) is 0.607. The molecule has 0 bridgehead atoms. The van der Waals surface area contributed by atoms with Gasteiger partial charge in [0.2, 0.25) is 0 Å². The van der Waals surface area contributed by atoms with E-state index in [1.165, 1.54) is 6.08 Å². The molecule has 0 aromatic heterocycles. The van der Waals surface area contributed by atoms with E-state index in [4.69, 9.17) is 11.6 Å². The summed E-state index contributed by atoms with van der Waals surface area (Å²) in [5, 5.41) is 0. The summed E-state index contributed by atoms with van der Waals surface area (Å²) in [6.07, 6.45) is 2.80. The summed E-state index contributed by atoms with van der Waals surface area (Å²) in [4.78, 5) is 11.7. The summed E-state index contributed by atoms with van der Waals surface area (Å²) in [7, 11) is 0. The summed E-state index contributed by atoms with van der Waals surface area (Å²) < 4.78 is 43.0. The zero-order valence-corrected chi connectivity index (χ0v) is 9.57. The van der Waals surface area contributed by atoms with Crippen LogP contribution in [-0.2, 0) is 16.1 Å². The minimum atomic E-state index is -0.652. The molecule has 0 heterocycles. The molecule has 2 rings (SSSR count). The highest BCUT2D eigenvalue weighted by Gasteiger charge is 1.97. The lowest BCUT2D eigenvalue weighted by atomic mass is 10.2. The van der Waals surface area contributed by atoms with Crippen molar-refractivity contribution in [3.8, 4) is 0 Å². The summed E-state index contributed by atoms with van der Waals surface area (Å²) in [5.41, 5.74) is 0.782. The van der Waals surface area contributed by atoms with Crippen LogP contribution < -0.4 is 0 Å². The van der Waals surface area contributed by atoms with Gasteiger partial charge < -0.3 is 4.74 Å². The fraction of sp³-hybridized carbons (Fsp3) is 0.0625. The van der Waals surface area contributed by atoms with Crippen molar-refractivity contribution in [3.63, 3.8) is 0 Å². The van der Waals surface area contributed by atoms with Crippen molar-refractivity contribution in [1.82, 2.24) is 0 Å². The second-order valence-corrected chi connectivity index (χ2v) is 3.46. The SMILES string of the molecule is [2H]c1c([2H])c([2H])c(COC(=O)/C=C/c2ccccc2)c([2H])c1[2H]. The number of carbonyl (C=O) groups excluding carboxylic acids is 1. The third-order valence-corrected chi connectivity index (χ3v) is 2.12. The number of carbonyl (C=O) groups is 1. The highest BCUT2D eigenvalue weighted by molar-refractivity contribution is 5.86. The van der Waals surface area contributed by atoms with Gasteiger partial charge in [-0.25, -0.2) is 4.79 Å². The standard InChI is InChI=1S/C16H14O2/c17-16(12-11-14-7-3-1-4-8-14)18-13-15-9-5-2-6-10-15/h1-12H,13H2/b12-11+/i2D,5D,6D,9D,10D. The number of rotatable bonds is 4. The molecule has 0 saturated carbocycles. The van der Waals surface area contributed by atoms with E-state index in [0.717, 1.165) is 5.56 Å². The molecular weight excluding hydrogens is 224 g/mol. The molecule has 2 aromatic rings. The van der Waals surface area contributed by atoms with Gasteiger partial charge in [-0.2, -0.15) is 0 Å². The molecule has 0 amide bonds. The average molecular weight is 243 g/mol. The molecule has 90 valence electrons. The fourth-order valence-electron chi connectivity index (χ4n) is 1.27. The van der Waals surface area contributed by atoms with Gasteiger partial charge in [-0.05, 0) is 17.2 Å². The van der Waals surface area contributed by atoms with E-state index in [9.17, 15) is 4.79 Å². The summed E-state index contributed by atoms with van der Waals surface area (Å²) in [6, 6.07) is 7.06. The Labute approximate surface area is 114 Å². The van der Waals surface area contributed by atoms with Gasteiger partial charge >= 0.3 is 5.97 Å². The van der Waals surface area contributed by atoms with Crippen molar-refractivity contribution < 1.29 is 16.4 Å². The van der Waals surface area contributed by atoms with Gasteiger partial charge in [0.1, 0.15) is 6.61 Å². The van der Waals surface area contributed by atoms with Crippen LogP contribution in [0.3, 0.4) is 0 Å². The van der Waals surface area contributed by atoms with Crippen molar-refractivity contribution in [1.29, 1.82) is 0 Å². The van der Waals surface area contributed by atoms with Gasteiger partial charge in [-0.15, -0.1) is 0 Å². The molecular formula is C16H14O2. The van der Waals surface area contributed by atoms with Gasteiger partial charge in [0.25, 0.3) is 0 Å². The first-order chi connectivity index (χ1) is 10.9. The predicted molar refractivity (Wildman–Crippen MR) is 71.7 cm³/mol. The molecule has 0 radical (unpaired) electrons. The molecule has 0 aliphatic heterocycles. The second kappa shape index (κ2) is 6.40. The van der Waals surface area contributed by atoms with E-state index in [-0.39, 0.29) is 24.3 Å². The third-order valence-electron chi connectivity index (χ3n) is 2.12. The highest BCUT2D eigenvalue weighted by Crippen LogP contribution is 2.03. The molecule has 0 aliphatic carbocycles. The van der Waals surface area contributed by atoms with Gasteiger partial charge in [0.05, 0.1) is 6.85 Å². The molecule has 18 heavy (non-hydrogen) atoms. The van der Waals surface area contributed by atoms with Crippen LogP contribution in [0.25, 0.3) is 6.08 Å². The van der Waals surface area contributed by atoms with Gasteiger partial charge in [0.15, 0.2) is 0 Å². The first kappa shape index (κ1) is 7.17. The lowest BCUT2D eigenvalue weighted by Gasteiger charge is -2.01. The van der Waals surface area contributed by atoms with Crippen molar-refractivity contribution in [3.05, 3.63) is 77.7 Å². The van der Waals surface area contributed by atoms with Crippen molar-refractivity contribution in [2.75, 3.05) is 0 Å². The highest BCUT2D eigenvalue weighted by atomic mass is 16.5. The Morgan fingerprint density at radius 3 is 2.61 bits per heavy atom. The molecule has 0 spiro atoms. The van der Waals surface area contributed by atoms with Crippen LogP contribution in [-0.4, -0.2) is 5.97 Å². The zero-order valence-electron chi connectivity index (χ0n) is 14.6. The lowest BCUT2D eigenvalue weighted by molar-refractivity contribution is -0.138. The lowest BCUT2D eigenvalue weighted by Crippen LogP contribution is -2.00. The van der Waals surface area contributed by atoms with Gasteiger partial charge in [-0.3, -0.25) is 0 Å². The van der Waals surface area contributed by atoms with Crippen LogP contribution in [0.2, 0.25) is 0 Å². The molecule has 2 heteroatoms. The van der Waals surface area contributed by atoms with Crippen LogP contribution in [0.4, 0.5) is 0 Å². The topological polar surface area (TPSA) is 26.3 Å². The molecule has 0 aliphatic rings. The maximum Gasteiger partial charge on any atom is 0.331 e. The van der Waals surface area contributed by atoms with E-state index in [1.54, 1.807) is 6.08 Å². The largest absolute Gasteiger partial charge is 0.458 e. The summed E-state index contributed by atoms with van der Waals surface area (Å²) in [6.45, 7) is -0.381. The Bertz CT molecular complexity index is 728. The molecule has 0 fully saturated rings. The first-order valence-electron chi connectivity index (χ1n) is 7.87. The molecule has 0 unspecified atom stereocenters. The second-order valence-electron chi connectivity index (χ2n) is 3.46. The Hall–Kier alpha value is -2.35. The third kappa shape index (κ3) is 3.91. The number of hydrogen-bond donors (Lipinski definition) is 0. The number of ether oxygens (including phenoxy) is 1. The maximum absolute atomic E-state index is 11.7. The molecule has 2 aromatic carbocycles. The normalized spacial score (nSPS) is 14.3. The van der Waals surface area contributed by atoms with Crippen LogP contribution >= 0.6 is 0 Å². The maximum atomic E-state index is 11.7. The minimum Gasteiger partial charge on any atom is -0.458 e. The van der Waals surface area contributed by atoms with Crippen molar-refractivity contribution in [2.45, 2.75) is 6.61 Å². The summed E-state index contributed by atoms with van der Waals surface area (Å²) >= 11 is 0. The number of hydrogen-bond acceptors (Lipinski definition) is 2. The minimum absolute atomic E-state index is 0.0440. The van der Waals surface area contributed by atoms with E-state index in [0.29, 0.717) is 0 Å². The molecule has 0 atom stereocenters. The number of esters is 1. The Morgan fingerprint density at radius 1 is 1.17 bits per heavy atom. The van der Waals surface area contributed by atoms with E-state index in [1.807, 2.05) is 30.3 Å². The fourth-order valence-corrected chi connectivity index (χ4v) is 1.27. The Kier molecular flexibility index (Phi) is 2.55. The Balaban J connectivity index is 2.09. The molecule has 0 saturated heterocycles. The predicted octanol–water partition coefficient (Wildman–Crippen LogP) is 3.44. The molecule has 0 N–H and O–H groups in total. The van der Waals surface area contributed by atoms with E-state index < -0.39 is 24.1 Å². The van der Waals surface area contributed by atoms with Gasteiger partial charge in [-0.1, -0.05) is 60.5 Å². The Morgan fingerprint density at radius 2 is 1.89 bits per heavy atom. The van der Waals surface area contributed by atoms with Crippen LogP contribution in [0.1, 0.15) is 18.0 Å². The van der Waals surface area contributed by atoms with Crippen molar-refractivity contribution >= 4 is 12.0 Å². The van der Waals surface area contributed by atoms with Crippen LogP contribution in [0, 0.1) is 0 Å². The van der Waals surface area contributed by atoms with E-state index >= 15 is 0 Å². The summed E-state index contributed by atoms with van der Waals surface area (Å²) in [5.74, 6) is -0.652. The van der Waals surface area contributed by atoms with Crippen molar-refractivity contribution in [2.24, 2.45) is 0 Å². The van der Waals surface area contributed by atoms with Gasteiger partial charge in [0, 0.05) is 6.08 Å². The van der Waals surface area contributed by atoms with Crippen LogP contribution in [0.5, 0.6) is 0 Å². The van der Waals surface area contributed by atoms with E-state index in [2.05, 4.69) is 0 Å². The average Bonchev–Trinajstić information content (AvgIpc) is 2.57. The zero-order chi connectivity index (χ0) is 17.0. The number of benzene rings is 2.